The molecule has 0 aromatic carbocycles. The van der Waals surface area contributed by atoms with Gasteiger partial charge in [-0.1, -0.05) is 13.8 Å². The van der Waals surface area contributed by atoms with Gasteiger partial charge in [-0.15, -0.1) is 0 Å². The third-order valence-electron chi connectivity index (χ3n) is 3.92. The molecule has 1 saturated heterocycles. The first-order chi connectivity index (χ1) is 10.5. The summed E-state index contributed by atoms with van der Waals surface area (Å²) < 4.78 is 2.38. The lowest BCUT2D eigenvalue weighted by Crippen LogP contribution is -2.50. The second kappa shape index (κ2) is 7.04. The second-order valence-corrected chi connectivity index (χ2v) is 6.17. The molecule has 8 heteroatoms. The molecule has 2 N–H and O–H groups in total. The average molecular weight is 325 g/mol. The van der Waals surface area contributed by atoms with Crippen molar-refractivity contribution in [1.82, 2.24) is 25.0 Å². The number of amides is 2. The van der Waals surface area contributed by atoms with Gasteiger partial charge in [0.2, 0.25) is 11.8 Å². The monoisotopic (exact) mass is 325 g/mol. The standard InChI is InChI=1S/C14H23N5O2S/c1-4-18-10(16-17-14(18)22)8-15-13(21)12(9(2)3)19-7-5-6-11(19)20/h9,12H,4-8H2,1-3H3,(H,15,21)(H,17,22)/t12-/m0/s1. The number of hydrogen-bond donors (Lipinski definition) is 2. The molecule has 22 heavy (non-hydrogen) atoms. The Hall–Kier alpha value is -1.70. The van der Waals surface area contributed by atoms with Crippen LogP contribution in [0.1, 0.15) is 39.4 Å². The van der Waals surface area contributed by atoms with E-state index in [0.717, 1.165) is 6.42 Å². The molecule has 0 saturated carbocycles. The smallest absolute Gasteiger partial charge is 0.243 e. The summed E-state index contributed by atoms with van der Waals surface area (Å²) >= 11 is 5.13. The minimum absolute atomic E-state index is 0.0603. The van der Waals surface area contributed by atoms with Crippen molar-refractivity contribution in [2.75, 3.05) is 6.54 Å². The molecule has 1 fully saturated rings. The van der Waals surface area contributed by atoms with Crippen molar-refractivity contribution in [3.8, 4) is 0 Å². The van der Waals surface area contributed by atoms with Gasteiger partial charge >= 0.3 is 0 Å². The Balaban J connectivity index is 2.05. The highest BCUT2D eigenvalue weighted by Crippen LogP contribution is 2.19. The van der Waals surface area contributed by atoms with E-state index in [1.54, 1.807) is 4.90 Å². The molecule has 0 bridgehead atoms. The van der Waals surface area contributed by atoms with E-state index >= 15 is 0 Å². The fourth-order valence-corrected chi connectivity index (χ4v) is 3.13. The van der Waals surface area contributed by atoms with E-state index in [-0.39, 0.29) is 17.7 Å². The van der Waals surface area contributed by atoms with E-state index in [9.17, 15) is 9.59 Å². The van der Waals surface area contributed by atoms with Crippen LogP contribution < -0.4 is 5.32 Å². The van der Waals surface area contributed by atoms with Gasteiger partial charge in [0, 0.05) is 19.5 Å². The van der Waals surface area contributed by atoms with E-state index in [2.05, 4.69) is 15.5 Å². The van der Waals surface area contributed by atoms with Crippen LogP contribution in [0.5, 0.6) is 0 Å². The molecular weight excluding hydrogens is 302 g/mol. The number of nitrogens with zero attached hydrogens (tertiary/aromatic N) is 3. The molecule has 0 aliphatic carbocycles. The van der Waals surface area contributed by atoms with Gasteiger partial charge in [0.25, 0.3) is 0 Å². The molecule has 1 aliphatic heterocycles. The number of aromatic nitrogens is 3. The summed E-state index contributed by atoms with van der Waals surface area (Å²) in [6.45, 7) is 7.53. The fraction of sp³-hybridized carbons (Fsp3) is 0.714. The molecule has 1 aromatic rings. The minimum Gasteiger partial charge on any atom is -0.347 e. The number of carbonyl (C=O) groups excluding carboxylic acids is 2. The summed E-state index contributed by atoms with van der Waals surface area (Å²) in [5.41, 5.74) is 0. The molecule has 1 aromatic heterocycles. The Morgan fingerprint density at radius 1 is 1.50 bits per heavy atom. The Morgan fingerprint density at radius 3 is 2.77 bits per heavy atom. The number of nitrogens with one attached hydrogen (secondary N) is 2. The molecule has 2 amide bonds. The Kier molecular flexibility index (Phi) is 5.33. The van der Waals surface area contributed by atoms with E-state index < -0.39 is 6.04 Å². The van der Waals surface area contributed by atoms with Crippen molar-refractivity contribution in [3.63, 3.8) is 0 Å². The van der Waals surface area contributed by atoms with Crippen LogP contribution in [0.25, 0.3) is 0 Å². The topological polar surface area (TPSA) is 83.0 Å². The van der Waals surface area contributed by atoms with Crippen LogP contribution in [0, 0.1) is 10.7 Å². The molecule has 0 radical (unpaired) electrons. The highest BCUT2D eigenvalue weighted by Gasteiger charge is 2.34. The zero-order chi connectivity index (χ0) is 16.3. The van der Waals surface area contributed by atoms with Crippen LogP contribution in [-0.4, -0.2) is 44.1 Å². The predicted octanol–water partition coefficient (Wildman–Crippen LogP) is 1.22. The number of likely N-dealkylation sites (tertiary alicyclic amines) is 1. The van der Waals surface area contributed by atoms with Gasteiger partial charge in [-0.3, -0.25) is 14.7 Å². The summed E-state index contributed by atoms with van der Waals surface area (Å²) in [6.07, 6.45) is 1.36. The van der Waals surface area contributed by atoms with Crippen LogP contribution in [0.4, 0.5) is 0 Å². The average Bonchev–Trinajstić information content (AvgIpc) is 3.03. The lowest BCUT2D eigenvalue weighted by atomic mass is 10.0. The normalized spacial score (nSPS) is 16.4. The minimum atomic E-state index is -0.424. The number of hydrogen-bond acceptors (Lipinski definition) is 4. The van der Waals surface area contributed by atoms with Crippen molar-refractivity contribution in [1.29, 1.82) is 0 Å². The molecule has 2 heterocycles. The fourth-order valence-electron chi connectivity index (χ4n) is 2.85. The molecule has 2 rings (SSSR count). The van der Waals surface area contributed by atoms with Gasteiger partial charge in [-0.05, 0) is 31.5 Å². The highest BCUT2D eigenvalue weighted by atomic mass is 32.1. The van der Waals surface area contributed by atoms with Gasteiger partial charge < -0.3 is 14.8 Å². The van der Waals surface area contributed by atoms with Crippen molar-refractivity contribution < 1.29 is 9.59 Å². The number of H-pyrrole nitrogens is 1. The Morgan fingerprint density at radius 2 is 2.23 bits per heavy atom. The number of rotatable bonds is 6. The van der Waals surface area contributed by atoms with E-state index in [1.807, 2.05) is 25.3 Å². The maximum atomic E-state index is 12.5. The van der Waals surface area contributed by atoms with E-state index in [1.165, 1.54) is 0 Å². The second-order valence-electron chi connectivity index (χ2n) is 5.79. The predicted molar refractivity (Wildman–Crippen MR) is 84.5 cm³/mol. The van der Waals surface area contributed by atoms with Gasteiger partial charge in [-0.25, -0.2) is 0 Å². The molecule has 1 atom stereocenters. The highest BCUT2D eigenvalue weighted by molar-refractivity contribution is 7.71. The first kappa shape index (κ1) is 16.7. The number of carbonyl (C=O) groups is 2. The first-order valence-corrected chi connectivity index (χ1v) is 8.07. The third-order valence-corrected chi connectivity index (χ3v) is 4.23. The zero-order valence-electron chi connectivity index (χ0n) is 13.3. The van der Waals surface area contributed by atoms with E-state index in [0.29, 0.717) is 36.7 Å². The third kappa shape index (κ3) is 3.37. The van der Waals surface area contributed by atoms with Gasteiger partial charge in [0.05, 0.1) is 6.54 Å². The van der Waals surface area contributed by atoms with Crippen molar-refractivity contribution in [2.45, 2.75) is 52.7 Å². The molecule has 0 spiro atoms. The molecule has 1 aliphatic rings. The van der Waals surface area contributed by atoms with Crippen LogP contribution in [0.2, 0.25) is 0 Å². The zero-order valence-corrected chi connectivity index (χ0v) is 14.1. The molecule has 0 unspecified atom stereocenters. The maximum absolute atomic E-state index is 12.5. The number of aromatic amines is 1. The van der Waals surface area contributed by atoms with Crippen LogP contribution in [-0.2, 0) is 22.7 Å². The van der Waals surface area contributed by atoms with Crippen molar-refractivity contribution in [3.05, 3.63) is 10.6 Å². The largest absolute Gasteiger partial charge is 0.347 e. The molecule has 122 valence electrons. The van der Waals surface area contributed by atoms with Gasteiger partial charge in [-0.2, -0.15) is 5.10 Å². The summed E-state index contributed by atoms with van der Waals surface area (Å²) in [5, 5.41) is 9.74. The SMILES string of the molecule is CCn1c(CNC(=O)[C@H](C(C)C)N2CCCC2=O)n[nH]c1=S. The summed E-state index contributed by atoms with van der Waals surface area (Å²) in [7, 11) is 0. The van der Waals surface area contributed by atoms with Crippen LogP contribution in [0.3, 0.4) is 0 Å². The summed E-state index contributed by atoms with van der Waals surface area (Å²) in [5.74, 6) is 0.678. The Labute approximate surface area is 135 Å². The first-order valence-electron chi connectivity index (χ1n) is 7.67. The lowest BCUT2D eigenvalue weighted by Gasteiger charge is -2.29. The molecule has 7 nitrogen and oxygen atoms in total. The van der Waals surface area contributed by atoms with E-state index in [4.69, 9.17) is 12.2 Å². The van der Waals surface area contributed by atoms with Gasteiger partial charge in [0.15, 0.2) is 10.6 Å². The summed E-state index contributed by atoms with van der Waals surface area (Å²) in [6, 6.07) is -0.424. The Bertz CT molecular complexity index is 607. The maximum Gasteiger partial charge on any atom is 0.243 e. The van der Waals surface area contributed by atoms with Gasteiger partial charge in [0.1, 0.15) is 6.04 Å². The van der Waals surface area contributed by atoms with Crippen LogP contribution in [0.15, 0.2) is 0 Å². The lowest BCUT2D eigenvalue weighted by molar-refractivity contribution is -0.139. The summed E-state index contributed by atoms with van der Waals surface area (Å²) in [4.78, 5) is 26.1. The molecular formula is C14H23N5O2S. The van der Waals surface area contributed by atoms with Crippen molar-refractivity contribution >= 4 is 24.0 Å². The quantitative estimate of drug-likeness (QED) is 0.771. The van der Waals surface area contributed by atoms with Crippen LogP contribution >= 0.6 is 12.2 Å². The van der Waals surface area contributed by atoms with Crippen molar-refractivity contribution in [2.24, 2.45) is 5.92 Å².